The van der Waals surface area contributed by atoms with Crippen LogP contribution in [-0.2, 0) is 14.8 Å². The van der Waals surface area contributed by atoms with E-state index >= 15 is 0 Å². The minimum atomic E-state index is -3.73. The van der Waals surface area contributed by atoms with Crippen LogP contribution in [0.2, 0.25) is 0 Å². The average molecular weight is 255 g/mol. The third-order valence-corrected chi connectivity index (χ3v) is 3.99. The van der Waals surface area contributed by atoms with Crippen LogP contribution in [0.5, 0.6) is 0 Å². The molecule has 0 heterocycles. The van der Waals surface area contributed by atoms with Crippen molar-refractivity contribution in [1.82, 2.24) is 4.72 Å². The Balaban J connectivity index is 2.89. The van der Waals surface area contributed by atoms with E-state index in [0.29, 0.717) is 6.42 Å². The molecule has 0 spiro atoms. The van der Waals surface area contributed by atoms with Crippen LogP contribution in [0.4, 0.5) is 0 Å². The van der Waals surface area contributed by atoms with Crippen LogP contribution >= 0.6 is 0 Å². The first-order valence-corrected chi connectivity index (χ1v) is 6.98. The number of carbonyl (C=O) groups excluding carboxylic acids is 1. The van der Waals surface area contributed by atoms with Gasteiger partial charge in [0.05, 0.1) is 4.90 Å². The third-order valence-electron chi connectivity index (χ3n) is 2.63. The summed E-state index contributed by atoms with van der Waals surface area (Å²) in [7, 11) is -3.73. The highest BCUT2D eigenvalue weighted by atomic mass is 32.2. The molecule has 0 fully saturated rings. The van der Waals surface area contributed by atoms with Gasteiger partial charge in [0.2, 0.25) is 5.91 Å². The van der Waals surface area contributed by atoms with Crippen molar-refractivity contribution in [1.29, 1.82) is 0 Å². The molecule has 0 aliphatic carbocycles. The zero-order valence-corrected chi connectivity index (χ0v) is 11.0. The molecule has 1 aromatic rings. The van der Waals surface area contributed by atoms with E-state index < -0.39 is 15.9 Å². The Morgan fingerprint density at radius 2 is 1.82 bits per heavy atom. The van der Waals surface area contributed by atoms with E-state index in [2.05, 4.69) is 4.72 Å². The Morgan fingerprint density at radius 3 is 2.29 bits per heavy atom. The van der Waals surface area contributed by atoms with E-state index in [-0.39, 0.29) is 10.8 Å². The minimum absolute atomic E-state index is 0.111. The number of amides is 1. The molecule has 0 aliphatic heterocycles. The van der Waals surface area contributed by atoms with Crippen LogP contribution < -0.4 is 4.72 Å². The monoisotopic (exact) mass is 255 g/mol. The molecule has 1 unspecified atom stereocenters. The summed E-state index contributed by atoms with van der Waals surface area (Å²) >= 11 is 0. The number of benzene rings is 1. The normalized spacial score (nSPS) is 13.1. The smallest absolute Gasteiger partial charge is 0.264 e. The van der Waals surface area contributed by atoms with Crippen molar-refractivity contribution >= 4 is 15.9 Å². The summed E-state index contributed by atoms with van der Waals surface area (Å²) in [6, 6.07) is 6.37. The first-order chi connectivity index (χ1) is 7.86. The Hall–Kier alpha value is -1.36. The third kappa shape index (κ3) is 3.56. The number of carbonyl (C=O) groups is 1. The van der Waals surface area contributed by atoms with E-state index in [9.17, 15) is 13.2 Å². The topological polar surface area (TPSA) is 63.2 Å². The predicted octanol–water partition coefficient (Wildman–Crippen LogP) is 1.85. The Kier molecular flexibility index (Phi) is 4.28. The molecule has 0 aliphatic rings. The Labute approximate surface area is 102 Å². The van der Waals surface area contributed by atoms with Crippen LogP contribution in [0.25, 0.3) is 0 Å². The predicted molar refractivity (Wildman–Crippen MR) is 66.0 cm³/mol. The summed E-state index contributed by atoms with van der Waals surface area (Å²) in [5.41, 5.74) is 0.970. The molecule has 1 N–H and O–H groups in total. The van der Waals surface area contributed by atoms with Gasteiger partial charge in [0.1, 0.15) is 0 Å². The highest BCUT2D eigenvalue weighted by molar-refractivity contribution is 7.90. The van der Waals surface area contributed by atoms with Gasteiger partial charge in [0.15, 0.2) is 0 Å². The molecule has 1 amide bonds. The maximum Gasteiger partial charge on any atom is 0.264 e. The van der Waals surface area contributed by atoms with Crippen molar-refractivity contribution in [2.45, 2.75) is 32.1 Å². The number of hydrogen-bond acceptors (Lipinski definition) is 3. The number of sulfonamides is 1. The lowest BCUT2D eigenvalue weighted by atomic mass is 10.1. The number of aryl methyl sites for hydroxylation is 1. The molecule has 17 heavy (non-hydrogen) atoms. The van der Waals surface area contributed by atoms with Crippen LogP contribution in [0.3, 0.4) is 0 Å². The summed E-state index contributed by atoms with van der Waals surface area (Å²) in [6.07, 6.45) is 0.606. The van der Waals surface area contributed by atoms with Gasteiger partial charge in [-0.3, -0.25) is 4.79 Å². The van der Waals surface area contributed by atoms with Gasteiger partial charge in [-0.25, -0.2) is 13.1 Å². The Morgan fingerprint density at radius 1 is 1.29 bits per heavy atom. The van der Waals surface area contributed by atoms with E-state index in [1.807, 2.05) is 13.8 Å². The quantitative estimate of drug-likeness (QED) is 0.893. The maximum absolute atomic E-state index is 11.8. The highest BCUT2D eigenvalue weighted by Crippen LogP contribution is 2.11. The highest BCUT2D eigenvalue weighted by Gasteiger charge is 2.20. The van der Waals surface area contributed by atoms with Gasteiger partial charge in [-0.05, 0) is 25.5 Å². The van der Waals surface area contributed by atoms with Crippen LogP contribution in [0.1, 0.15) is 25.8 Å². The second kappa shape index (κ2) is 5.31. The lowest BCUT2D eigenvalue weighted by Crippen LogP contribution is -2.34. The molecule has 0 saturated carbocycles. The fraction of sp³-hybridized carbons (Fsp3) is 0.417. The van der Waals surface area contributed by atoms with Gasteiger partial charge >= 0.3 is 0 Å². The molecule has 94 valence electrons. The summed E-state index contributed by atoms with van der Waals surface area (Å²) in [5, 5.41) is 0. The number of nitrogens with one attached hydrogen (secondary N) is 1. The van der Waals surface area contributed by atoms with Crippen molar-refractivity contribution < 1.29 is 13.2 Å². The molecular formula is C12H17NO3S. The first kappa shape index (κ1) is 13.7. The van der Waals surface area contributed by atoms with Crippen molar-refractivity contribution in [2.75, 3.05) is 0 Å². The molecule has 0 aromatic heterocycles. The van der Waals surface area contributed by atoms with Crippen LogP contribution in [-0.4, -0.2) is 14.3 Å². The SMILES string of the molecule is CCC(C)C(=O)NS(=O)(=O)c1ccc(C)cc1. The average Bonchev–Trinajstić information content (AvgIpc) is 2.27. The Bertz CT molecular complexity index is 491. The van der Waals surface area contributed by atoms with Gasteiger partial charge in [-0.15, -0.1) is 0 Å². The lowest BCUT2D eigenvalue weighted by molar-refractivity contribution is -0.122. The van der Waals surface area contributed by atoms with Gasteiger partial charge in [0.25, 0.3) is 10.0 Å². The summed E-state index contributed by atoms with van der Waals surface area (Å²) in [5.74, 6) is -0.775. The van der Waals surface area contributed by atoms with E-state index in [0.717, 1.165) is 5.56 Å². The van der Waals surface area contributed by atoms with Gasteiger partial charge in [0, 0.05) is 5.92 Å². The van der Waals surface area contributed by atoms with Gasteiger partial charge < -0.3 is 0 Å². The van der Waals surface area contributed by atoms with Crippen molar-refractivity contribution in [3.05, 3.63) is 29.8 Å². The number of rotatable bonds is 4. The van der Waals surface area contributed by atoms with Gasteiger partial charge in [-0.2, -0.15) is 0 Å². The summed E-state index contributed by atoms with van der Waals surface area (Å²) in [6.45, 7) is 5.40. The van der Waals surface area contributed by atoms with Crippen LogP contribution in [0, 0.1) is 12.8 Å². The fourth-order valence-electron chi connectivity index (χ4n) is 1.19. The van der Waals surface area contributed by atoms with Gasteiger partial charge in [-0.1, -0.05) is 31.5 Å². The molecule has 1 rings (SSSR count). The maximum atomic E-state index is 11.8. The first-order valence-electron chi connectivity index (χ1n) is 5.50. The zero-order valence-electron chi connectivity index (χ0n) is 10.2. The van der Waals surface area contributed by atoms with Crippen molar-refractivity contribution in [2.24, 2.45) is 5.92 Å². The molecular weight excluding hydrogens is 238 g/mol. The van der Waals surface area contributed by atoms with Crippen molar-refractivity contribution in [3.8, 4) is 0 Å². The fourth-order valence-corrected chi connectivity index (χ4v) is 2.27. The summed E-state index contributed by atoms with van der Waals surface area (Å²) in [4.78, 5) is 11.7. The van der Waals surface area contributed by atoms with Crippen molar-refractivity contribution in [3.63, 3.8) is 0 Å². The van der Waals surface area contributed by atoms with E-state index in [4.69, 9.17) is 0 Å². The van der Waals surface area contributed by atoms with E-state index in [1.54, 1.807) is 19.1 Å². The second-order valence-electron chi connectivity index (χ2n) is 4.09. The molecule has 5 heteroatoms. The standard InChI is InChI=1S/C12H17NO3S/c1-4-10(3)12(14)13-17(15,16)11-7-5-9(2)6-8-11/h5-8,10H,4H2,1-3H3,(H,13,14). The molecule has 1 atom stereocenters. The second-order valence-corrected chi connectivity index (χ2v) is 5.77. The number of hydrogen-bond donors (Lipinski definition) is 1. The minimum Gasteiger partial charge on any atom is -0.274 e. The molecule has 1 aromatic carbocycles. The molecule has 0 saturated heterocycles. The molecule has 4 nitrogen and oxygen atoms in total. The zero-order chi connectivity index (χ0) is 13.1. The van der Waals surface area contributed by atoms with Crippen LogP contribution in [0.15, 0.2) is 29.2 Å². The van der Waals surface area contributed by atoms with E-state index in [1.165, 1.54) is 12.1 Å². The largest absolute Gasteiger partial charge is 0.274 e. The lowest BCUT2D eigenvalue weighted by Gasteiger charge is -2.10. The molecule has 0 radical (unpaired) electrons. The molecule has 0 bridgehead atoms. The summed E-state index contributed by atoms with van der Waals surface area (Å²) < 4.78 is 25.8.